The van der Waals surface area contributed by atoms with Crippen molar-refractivity contribution in [2.24, 2.45) is 10.7 Å². The van der Waals surface area contributed by atoms with Crippen LogP contribution in [-0.4, -0.2) is 42.6 Å². The number of nitrogens with zero attached hydrogens (tertiary/aromatic N) is 4. The van der Waals surface area contributed by atoms with Gasteiger partial charge in [0, 0.05) is 24.5 Å². The first kappa shape index (κ1) is 22.0. The van der Waals surface area contributed by atoms with Crippen molar-refractivity contribution in [1.82, 2.24) is 9.29 Å². The fourth-order valence-electron chi connectivity index (χ4n) is 4.47. The number of guanidine groups is 1. The van der Waals surface area contributed by atoms with E-state index in [-0.39, 0.29) is 17.2 Å². The molecule has 9 nitrogen and oxygen atoms in total. The molecular weight excluding hydrogens is 435 g/mol. The monoisotopic (exact) mass is 458 g/mol. The number of nitriles is 1. The first-order valence-corrected chi connectivity index (χ1v) is 11.5. The Labute approximate surface area is 186 Å². The molecule has 5 N–H and O–H groups in total. The summed E-state index contributed by atoms with van der Waals surface area (Å²) in [7, 11) is -1.86. The van der Waals surface area contributed by atoms with Crippen LogP contribution in [0, 0.1) is 24.1 Å². The van der Waals surface area contributed by atoms with Crippen molar-refractivity contribution < 1.29 is 18.3 Å². The minimum absolute atomic E-state index is 0.0746. The molecule has 32 heavy (non-hydrogen) atoms. The third-order valence-corrected chi connectivity index (χ3v) is 8.47. The summed E-state index contributed by atoms with van der Waals surface area (Å²) in [6, 6.07) is 7.61. The van der Waals surface area contributed by atoms with Crippen LogP contribution in [0.2, 0.25) is 0 Å². The number of amides is 1. The summed E-state index contributed by atoms with van der Waals surface area (Å²) >= 11 is 0. The van der Waals surface area contributed by atoms with E-state index in [4.69, 9.17) is 11.0 Å². The maximum atomic E-state index is 15.0. The van der Waals surface area contributed by atoms with Crippen LogP contribution in [0.1, 0.15) is 46.4 Å². The molecule has 1 aromatic heterocycles. The zero-order valence-electron chi connectivity index (χ0n) is 17.5. The van der Waals surface area contributed by atoms with E-state index in [1.54, 1.807) is 13.0 Å². The molecule has 2 atom stereocenters. The van der Waals surface area contributed by atoms with E-state index in [9.17, 15) is 13.9 Å². The Morgan fingerprint density at radius 1 is 1.44 bits per heavy atom. The molecule has 11 heteroatoms. The normalized spacial score (nSPS) is 24.8. The summed E-state index contributed by atoms with van der Waals surface area (Å²) in [5.74, 6) is -1.16. The Morgan fingerprint density at radius 2 is 2.19 bits per heavy atom. The number of nitrogens with one attached hydrogen (secondary N) is 1. The van der Waals surface area contributed by atoms with Gasteiger partial charge in [-0.1, -0.05) is 0 Å². The van der Waals surface area contributed by atoms with Crippen molar-refractivity contribution in [1.29, 1.82) is 5.26 Å². The number of aromatic nitrogens is 1. The van der Waals surface area contributed by atoms with Crippen LogP contribution in [0.25, 0.3) is 0 Å². The van der Waals surface area contributed by atoms with Gasteiger partial charge in [0.25, 0.3) is 5.91 Å². The summed E-state index contributed by atoms with van der Waals surface area (Å²) in [4.78, 5) is 21.3. The van der Waals surface area contributed by atoms with E-state index >= 15 is 4.39 Å². The molecule has 0 saturated heterocycles. The van der Waals surface area contributed by atoms with Crippen LogP contribution in [0.3, 0.4) is 0 Å². The number of hydrogen-bond acceptors (Lipinski definition) is 8. The lowest BCUT2D eigenvalue weighted by molar-refractivity contribution is 0.102. The van der Waals surface area contributed by atoms with Crippen LogP contribution >= 0.6 is 10.8 Å². The summed E-state index contributed by atoms with van der Waals surface area (Å²) in [6.45, 7) is 1.67. The molecule has 1 aromatic carbocycles. The van der Waals surface area contributed by atoms with E-state index < -0.39 is 33.3 Å². The molecule has 4 rings (SSSR count). The SMILES string of the molecule is Cc1cc(C#N)cnc1C(=O)Nc1ccc(F)c([C@]23CCC[C@H]2S(O)(O)N(C)C(N)=N3)c1. The predicted molar refractivity (Wildman–Crippen MR) is 120 cm³/mol. The Balaban J connectivity index is 1.72. The largest absolute Gasteiger partial charge is 0.369 e. The van der Waals surface area contributed by atoms with Gasteiger partial charge in [-0.05, 0) is 56.0 Å². The minimum Gasteiger partial charge on any atom is -0.369 e. The maximum absolute atomic E-state index is 15.0. The number of halogens is 1. The van der Waals surface area contributed by atoms with E-state index in [1.807, 2.05) is 6.07 Å². The lowest BCUT2D eigenvalue weighted by atomic mass is 9.87. The maximum Gasteiger partial charge on any atom is 0.274 e. The van der Waals surface area contributed by atoms with E-state index in [1.165, 1.54) is 31.4 Å². The van der Waals surface area contributed by atoms with Crippen molar-refractivity contribution in [3.05, 3.63) is 58.7 Å². The third kappa shape index (κ3) is 3.37. The van der Waals surface area contributed by atoms with Crippen LogP contribution in [0.4, 0.5) is 10.1 Å². The Bertz CT molecular complexity index is 1180. The lowest BCUT2D eigenvalue weighted by Crippen LogP contribution is -2.52. The average Bonchev–Trinajstić information content (AvgIpc) is 3.19. The minimum atomic E-state index is -3.32. The zero-order chi connectivity index (χ0) is 23.3. The predicted octanol–water partition coefficient (Wildman–Crippen LogP) is 3.33. The Hall–Kier alpha value is -3.20. The van der Waals surface area contributed by atoms with Gasteiger partial charge in [-0.3, -0.25) is 13.9 Å². The summed E-state index contributed by atoms with van der Waals surface area (Å²) < 4.78 is 37.8. The topological polar surface area (TPSA) is 148 Å². The van der Waals surface area contributed by atoms with Gasteiger partial charge >= 0.3 is 0 Å². The van der Waals surface area contributed by atoms with Crippen LogP contribution in [-0.2, 0) is 5.54 Å². The molecule has 0 unspecified atom stereocenters. The molecule has 1 aliphatic heterocycles. The average molecular weight is 459 g/mol. The first-order valence-electron chi connectivity index (χ1n) is 9.94. The van der Waals surface area contributed by atoms with Crippen molar-refractivity contribution in [2.75, 3.05) is 12.4 Å². The van der Waals surface area contributed by atoms with Gasteiger partial charge in [0.2, 0.25) is 5.96 Å². The van der Waals surface area contributed by atoms with Gasteiger partial charge in [-0.2, -0.15) is 5.26 Å². The van der Waals surface area contributed by atoms with Crippen LogP contribution < -0.4 is 11.1 Å². The quantitative estimate of drug-likeness (QED) is 0.551. The number of benzene rings is 1. The van der Waals surface area contributed by atoms with Gasteiger partial charge in [0.05, 0.1) is 10.8 Å². The highest BCUT2D eigenvalue weighted by molar-refractivity contribution is 8.23. The van der Waals surface area contributed by atoms with E-state index in [2.05, 4.69) is 15.3 Å². The second-order valence-electron chi connectivity index (χ2n) is 7.98. The number of hydrogen-bond donors (Lipinski definition) is 4. The van der Waals surface area contributed by atoms with Crippen LogP contribution in [0.15, 0.2) is 35.5 Å². The second kappa shape index (κ2) is 7.74. The van der Waals surface area contributed by atoms with Gasteiger partial charge in [0.1, 0.15) is 23.1 Å². The van der Waals surface area contributed by atoms with Crippen LogP contribution in [0.5, 0.6) is 0 Å². The molecule has 168 valence electrons. The van der Waals surface area contributed by atoms with Gasteiger partial charge in [-0.25, -0.2) is 18.7 Å². The van der Waals surface area contributed by atoms with Crippen molar-refractivity contribution in [3.63, 3.8) is 0 Å². The Kier molecular flexibility index (Phi) is 5.32. The molecule has 2 aromatic rings. The zero-order valence-corrected chi connectivity index (χ0v) is 18.4. The van der Waals surface area contributed by atoms with Crippen molar-refractivity contribution in [2.45, 2.75) is 37.0 Å². The fraction of sp³-hybridized carbons (Fsp3) is 0.333. The highest BCUT2D eigenvalue weighted by Gasteiger charge is 2.56. The summed E-state index contributed by atoms with van der Waals surface area (Å²) in [6.07, 6.45) is 2.77. The number of rotatable bonds is 3. The summed E-state index contributed by atoms with van der Waals surface area (Å²) in [5, 5.41) is 10.9. The number of fused-ring (bicyclic) bond motifs is 1. The molecule has 2 aliphatic rings. The van der Waals surface area contributed by atoms with E-state index in [0.29, 0.717) is 36.1 Å². The number of nitrogens with two attached hydrogens (primary N) is 1. The number of anilines is 1. The second-order valence-corrected chi connectivity index (χ2v) is 10.2. The third-order valence-electron chi connectivity index (χ3n) is 6.09. The Morgan fingerprint density at radius 3 is 2.88 bits per heavy atom. The number of aryl methyl sites for hydroxylation is 1. The fourth-order valence-corrected chi connectivity index (χ4v) is 6.48. The number of carbonyl (C=O) groups excluding carboxylic acids is 1. The van der Waals surface area contributed by atoms with Gasteiger partial charge < -0.3 is 11.1 Å². The lowest BCUT2D eigenvalue weighted by Gasteiger charge is -2.54. The number of carbonyl (C=O) groups is 1. The van der Waals surface area contributed by atoms with E-state index in [0.717, 1.165) is 4.31 Å². The summed E-state index contributed by atoms with van der Waals surface area (Å²) in [5.41, 5.74) is 6.20. The molecule has 2 heterocycles. The highest BCUT2D eigenvalue weighted by atomic mass is 32.3. The molecule has 0 radical (unpaired) electrons. The highest BCUT2D eigenvalue weighted by Crippen LogP contribution is 2.63. The van der Waals surface area contributed by atoms with Gasteiger partial charge in [0.15, 0.2) is 0 Å². The molecule has 0 bridgehead atoms. The standard InChI is InChI=1S/C21H23FN6O3S/c1-12-8-13(10-23)11-25-18(12)19(29)26-14-5-6-16(22)15(9-14)21-7-3-4-17(21)32(30,31)28(2)20(24)27-21/h5-6,8-9,11,17,30-31H,3-4,7H2,1-2H3,(H2,24,27)(H,26,29)/t17-,21-/m1/s1. The van der Waals surface area contributed by atoms with Gasteiger partial charge in [-0.15, -0.1) is 10.8 Å². The van der Waals surface area contributed by atoms with Crippen molar-refractivity contribution in [3.8, 4) is 6.07 Å². The molecular formula is C21H23FN6O3S. The number of aliphatic imine (C=N–C) groups is 1. The van der Waals surface area contributed by atoms with Crippen molar-refractivity contribution >= 4 is 28.3 Å². The molecule has 1 aliphatic carbocycles. The smallest absolute Gasteiger partial charge is 0.274 e. The first-order chi connectivity index (χ1) is 15.1. The molecule has 1 fully saturated rings. The molecule has 1 saturated carbocycles. The molecule has 1 amide bonds. The number of pyridine rings is 1. The molecule has 0 spiro atoms.